The third-order valence-electron chi connectivity index (χ3n) is 4.78. The van der Waals surface area contributed by atoms with Crippen LogP contribution in [0.1, 0.15) is 5.56 Å². The summed E-state index contributed by atoms with van der Waals surface area (Å²) in [6, 6.07) is 25.1. The number of nitrogens with one attached hydrogen (secondary N) is 1. The first-order valence-corrected chi connectivity index (χ1v) is 10.3. The highest BCUT2D eigenvalue weighted by Crippen LogP contribution is 2.29. The van der Waals surface area contributed by atoms with Crippen LogP contribution >= 0.6 is 23.2 Å². The molecule has 0 atom stereocenters. The number of rotatable bonds is 4. The number of anilines is 1. The Morgan fingerprint density at radius 1 is 0.774 bits per heavy atom. The van der Waals surface area contributed by atoms with Crippen molar-refractivity contribution in [3.63, 3.8) is 0 Å². The van der Waals surface area contributed by atoms with Crippen molar-refractivity contribution in [2.45, 2.75) is 0 Å². The summed E-state index contributed by atoms with van der Waals surface area (Å²) < 4.78 is 0. The largest absolute Gasteiger partial charge is 0.245 e. The molecule has 0 saturated carbocycles. The highest BCUT2D eigenvalue weighted by molar-refractivity contribution is 6.32. The van der Waals surface area contributed by atoms with Crippen LogP contribution in [0.2, 0.25) is 10.2 Å². The molecule has 7 heteroatoms. The third kappa shape index (κ3) is 4.06. The molecule has 0 saturated heterocycles. The second-order valence-electron chi connectivity index (χ2n) is 6.85. The first-order valence-electron chi connectivity index (χ1n) is 9.54. The molecule has 0 spiro atoms. The van der Waals surface area contributed by atoms with Gasteiger partial charge in [-0.05, 0) is 30.3 Å². The van der Waals surface area contributed by atoms with Crippen LogP contribution in [0.15, 0.2) is 84.0 Å². The molecule has 0 aliphatic rings. The summed E-state index contributed by atoms with van der Waals surface area (Å²) >= 11 is 12.5. The molecule has 31 heavy (non-hydrogen) atoms. The molecule has 5 nitrogen and oxygen atoms in total. The van der Waals surface area contributed by atoms with Crippen molar-refractivity contribution in [2.75, 3.05) is 5.43 Å². The number of hydrogen-bond donors (Lipinski definition) is 1. The zero-order valence-electron chi connectivity index (χ0n) is 16.1. The van der Waals surface area contributed by atoms with Gasteiger partial charge in [0.15, 0.2) is 0 Å². The third-order valence-corrected chi connectivity index (χ3v) is 5.32. The van der Waals surface area contributed by atoms with E-state index in [0.29, 0.717) is 21.7 Å². The summed E-state index contributed by atoms with van der Waals surface area (Å²) in [6.07, 6.45) is 1.61. The maximum atomic E-state index is 6.31. The Hall–Kier alpha value is -3.54. The highest BCUT2D eigenvalue weighted by atomic mass is 35.5. The van der Waals surface area contributed by atoms with Crippen LogP contribution in [0, 0.1) is 0 Å². The minimum atomic E-state index is 0.370. The Morgan fingerprint density at radius 3 is 2.45 bits per heavy atom. The molecule has 0 bridgehead atoms. The number of hydrazone groups is 1. The van der Waals surface area contributed by atoms with Gasteiger partial charge in [-0.2, -0.15) is 5.10 Å². The summed E-state index contributed by atoms with van der Waals surface area (Å²) in [4.78, 5) is 13.6. The maximum absolute atomic E-state index is 6.31. The van der Waals surface area contributed by atoms with Crippen LogP contribution in [0.5, 0.6) is 0 Å². The monoisotopic (exact) mass is 443 g/mol. The number of nitrogens with zero attached hydrogens (tertiary/aromatic N) is 4. The minimum absolute atomic E-state index is 0.370. The van der Waals surface area contributed by atoms with Crippen LogP contribution in [0.4, 0.5) is 5.95 Å². The Balaban J connectivity index is 1.51. The molecule has 150 valence electrons. The summed E-state index contributed by atoms with van der Waals surface area (Å²) in [5.74, 6) is 0.370. The standard InChI is InChI=1S/C24H15Cl2N5/c25-18-10-11-21-19(13-18)22(15-6-2-1-3-7-15)30-24(29-21)31-27-14-17-12-16-8-4-5-9-20(16)28-23(17)26/h1-14H,(H,29,30,31)/b27-14+. The van der Waals surface area contributed by atoms with E-state index < -0.39 is 0 Å². The highest BCUT2D eigenvalue weighted by Gasteiger charge is 2.10. The molecule has 0 unspecified atom stereocenters. The average molecular weight is 444 g/mol. The van der Waals surface area contributed by atoms with Gasteiger partial charge in [0.2, 0.25) is 5.95 Å². The number of fused-ring (bicyclic) bond motifs is 2. The van der Waals surface area contributed by atoms with E-state index in [1.54, 1.807) is 12.3 Å². The first-order chi connectivity index (χ1) is 15.2. The van der Waals surface area contributed by atoms with Crippen molar-refractivity contribution in [3.05, 3.63) is 94.6 Å². The number of hydrogen-bond acceptors (Lipinski definition) is 5. The topological polar surface area (TPSA) is 63.1 Å². The number of halogens is 2. The molecular formula is C24H15Cl2N5. The first kappa shape index (κ1) is 19.4. The van der Waals surface area contributed by atoms with Crippen LogP contribution in [-0.4, -0.2) is 21.2 Å². The maximum Gasteiger partial charge on any atom is 0.244 e. The fourth-order valence-corrected chi connectivity index (χ4v) is 3.69. The Kier molecular flexibility index (Phi) is 5.20. The van der Waals surface area contributed by atoms with E-state index in [-0.39, 0.29) is 0 Å². The Bertz CT molecular complexity index is 1430. The summed E-state index contributed by atoms with van der Waals surface area (Å²) in [5, 5.41) is 7.15. The fraction of sp³-hybridized carbons (Fsp3) is 0. The van der Waals surface area contributed by atoms with Gasteiger partial charge in [-0.1, -0.05) is 71.7 Å². The van der Waals surface area contributed by atoms with E-state index >= 15 is 0 Å². The molecule has 0 aliphatic heterocycles. The summed E-state index contributed by atoms with van der Waals surface area (Å²) in [7, 11) is 0. The normalized spacial score (nSPS) is 11.4. The molecule has 3 aromatic carbocycles. The van der Waals surface area contributed by atoms with E-state index in [0.717, 1.165) is 33.1 Å². The van der Waals surface area contributed by atoms with E-state index in [1.807, 2.05) is 72.8 Å². The van der Waals surface area contributed by atoms with Crippen LogP contribution in [0.25, 0.3) is 33.1 Å². The summed E-state index contributed by atoms with van der Waals surface area (Å²) in [5.41, 5.74) is 6.95. The second-order valence-corrected chi connectivity index (χ2v) is 7.65. The van der Waals surface area contributed by atoms with Crippen molar-refractivity contribution < 1.29 is 0 Å². The lowest BCUT2D eigenvalue weighted by atomic mass is 10.1. The van der Waals surface area contributed by atoms with Crippen molar-refractivity contribution >= 4 is 57.2 Å². The molecule has 5 rings (SSSR count). The zero-order chi connectivity index (χ0) is 21.2. The van der Waals surface area contributed by atoms with Crippen molar-refractivity contribution in [2.24, 2.45) is 5.10 Å². The lowest BCUT2D eigenvalue weighted by Crippen LogP contribution is -2.00. The fourth-order valence-electron chi connectivity index (χ4n) is 3.33. The van der Waals surface area contributed by atoms with Gasteiger partial charge in [0.05, 0.1) is 22.9 Å². The van der Waals surface area contributed by atoms with Gasteiger partial charge in [-0.3, -0.25) is 0 Å². The van der Waals surface area contributed by atoms with E-state index in [1.165, 1.54) is 0 Å². The molecule has 0 fully saturated rings. The molecule has 2 aromatic heterocycles. The number of benzene rings is 3. The Labute approximate surface area is 188 Å². The molecular weight excluding hydrogens is 429 g/mol. The molecule has 0 aliphatic carbocycles. The molecule has 0 amide bonds. The number of pyridine rings is 1. The molecule has 5 aromatic rings. The van der Waals surface area contributed by atoms with Gasteiger partial charge in [0.1, 0.15) is 5.15 Å². The van der Waals surface area contributed by atoms with Gasteiger partial charge >= 0.3 is 0 Å². The van der Waals surface area contributed by atoms with Crippen molar-refractivity contribution in [3.8, 4) is 11.3 Å². The predicted molar refractivity (Wildman–Crippen MR) is 128 cm³/mol. The second kappa shape index (κ2) is 8.30. The van der Waals surface area contributed by atoms with Crippen LogP contribution in [-0.2, 0) is 0 Å². The van der Waals surface area contributed by atoms with Gasteiger partial charge in [0, 0.05) is 26.9 Å². The molecule has 0 radical (unpaired) electrons. The zero-order valence-corrected chi connectivity index (χ0v) is 17.6. The smallest absolute Gasteiger partial charge is 0.244 e. The quantitative estimate of drug-likeness (QED) is 0.193. The average Bonchev–Trinajstić information content (AvgIpc) is 2.79. The van der Waals surface area contributed by atoms with Gasteiger partial charge in [-0.15, -0.1) is 0 Å². The van der Waals surface area contributed by atoms with E-state index in [4.69, 9.17) is 23.2 Å². The Morgan fingerprint density at radius 2 is 1.58 bits per heavy atom. The van der Waals surface area contributed by atoms with Crippen molar-refractivity contribution in [1.82, 2.24) is 15.0 Å². The molecule has 1 N–H and O–H groups in total. The van der Waals surface area contributed by atoms with Crippen LogP contribution in [0.3, 0.4) is 0 Å². The number of aromatic nitrogens is 3. The number of para-hydroxylation sites is 1. The minimum Gasteiger partial charge on any atom is -0.245 e. The SMILES string of the molecule is Clc1ccc2nc(N/N=C/c3cc4ccccc4nc3Cl)nc(-c3ccccc3)c2c1. The lowest BCUT2D eigenvalue weighted by Gasteiger charge is -2.09. The van der Waals surface area contributed by atoms with Gasteiger partial charge < -0.3 is 0 Å². The van der Waals surface area contributed by atoms with Gasteiger partial charge in [-0.25, -0.2) is 20.4 Å². The van der Waals surface area contributed by atoms with Crippen molar-refractivity contribution in [1.29, 1.82) is 0 Å². The van der Waals surface area contributed by atoms with E-state index in [2.05, 4.69) is 25.5 Å². The van der Waals surface area contributed by atoms with Crippen LogP contribution < -0.4 is 5.43 Å². The van der Waals surface area contributed by atoms with Gasteiger partial charge in [0.25, 0.3) is 0 Å². The summed E-state index contributed by atoms with van der Waals surface area (Å²) in [6.45, 7) is 0. The van der Waals surface area contributed by atoms with E-state index in [9.17, 15) is 0 Å². The molecule has 2 heterocycles. The predicted octanol–water partition coefficient (Wildman–Crippen LogP) is 6.60. The lowest BCUT2D eigenvalue weighted by molar-refractivity contribution is 1.16.